The second kappa shape index (κ2) is 7.76. The number of benzene rings is 1. The van der Waals surface area contributed by atoms with E-state index in [2.05, 4.69) is 15.0 Å². The quantitative estimate of drug-likeness (QED) is 0.640. The van der Waals surface area contributed by atoms with Gasteiger partial charge in [-0.05, 0) is 51.1 Å². The van der Waals surface area contributed by atoms with Gasteiger partial charge in [-0.15, -0.1) is 11.3 Å². The normalized spacial score (nSPS) is 11.4. The van der Waals surface area contributed by atoms with E-state index < -0.39 is 10.0 Å². The van der Waals surface area contributed by atoms with Gasteiger partial charge in [0.1, 0.15) is 6.54 Å². The molecule has 28 heavy (non-hydrogen) atoms. The Morgan fingerprint density at radius 3 is 2.36 bits per heavy atom. The summed E-state index contributed by atoms with van der Waals surface area (Å²) in [6, 6.07) is 8.56. The van der Waals surface area contributed by atoms with Crippen LogP contribution in [-0.4, -0.2) is 30.1 Å². The van der Waals surface area contributed by atoms with Crippen molar-refractivity contribution < 1.29 is 13.2 Å². The number of hydrogen-bond acceptors (Lipinski definition) is 5. The third-order valence-corrected chi connectivity index (χ3v) is 5.62. The Kier molecular flexibility index (Phi) is 5.57. The Morgan fingerprint density at radius 2 is 1.79 bits per heavy atom. The minimum absolute atomic E-state index is 0.161. The Hall–Kier alpha value is -2.65. The number of aryl methyl sites for hydroxylation is 2. The highest BCUT2D eigenvalue weighted by atomic mass is 32.2. The number of sulfonamides is 1. The molecule has 148 valence electrons. The predicted octanol–water partition coefficient (Wildman–Crippen LogP) is 3.55. The van der Waals surface area contributed by atoms with Gasteiger partial charge >= 0.3 is 0 Å². The lowest BCUT2D eigenvalue weighted by molar-refractivity contribution is -0.116. The third kappa shape index (κ3) is 4.79. The fraction of sp³-hybridized carbons (Fsp3) is 0.263. The molecule has 1 aromatic carbocycles. The van der Waals surface area contributed by atoms with Crippen LogP contribution in [-0.2, 0) is 21.4 Å². The Labute approximate surface area is 168 Å². The Bertz CT molecular complexity index is 1110. The Morgan fingerprint density at radius 1 is 1.14 bits per heavy atom. The van der Waals surface area contributed by atoms with Crippen LogP contribution in [0.1, 0.15) is 16.4 Å². The number of rotatable bonds is 6. The summed E-state index contributed by atoms with van der Waals surface area (Å²) in [5, 5.41) is 5.86. The van der Waals surface area contributed by atoms with Crippen molar-refractivity contribution in [3.63, 3.8) is 0 Å². The Balaban J connectivity index is 1.71. The van der Waals surface area contributed by atoms with E-state index in [-0.39, 0.29) is 12.5 Å². The first-order chi connectivity index (χ1) is 13.1. The molecule has 0 aliphatic heterocycles. The summed E-state index contributed by atoms with van der Waals surface area (Å²) in [7, 11) is -3.33. The summed E-state index contributed by atoms with van der Waals surface area (Å²) >= 11 is 1.60. The molecule has 0 fully saturated rings. The van der Waals surface area contributed by atoms with Crippen molar-refractivity contribution in [3.05, 3.63) is 52.1 Å². The van der Waals surface area contributed by atoms with E-state index in [1.165, 1.54) is 0 Å². The number of anilines is 2. The van der Waals surface area contributed by atoms with E-state index in [4.69, 9.17) is 0 Å². The number of aromatic nitrogens is 2. The van der Waals surface area contributed by atoms with Crippen molar-refractivity contribution in [2.45, 2.75) is 27.3 Å². The van der Waals surface area contributed by atoms with Gasteiger partial charge in [-0.1, -0.05) is 0 Å². The van der Waals surface area contributed by atoms with Gasteiger partial charge in [0.15, 0.2) is 0 Å². The van der Waals surface area contributed by atoms with Gasteiger partial charge in [0.2, 0.25) is 15.9 Å². The van der Waals surface area contributed by atoms with E-state index in [9.17, 15) is 13.2 Å². The molecule has 0 saturated heterocycles. The number of carbonyl (C=O) groups is 1. The number of nitrogens with zero attached hydrogens (tertiary/aromatic N) is 2. The van der Waals surface area contributed by atoms with E-state index >= 15 is 0 Å². The molecule has 7 nitrogen and oxygen atoms in total. The van der Waals surface area contributed by atoms with Crippen LogP contribution >= 0.6 is 11.3 Å². The first kappa shape index (κ1) is 20.1. The molecular weight excluding hydrogens is 396 g/mol. The molecule has 0 radical (unpaired) electrons. The van der Waals surface area contributed by atoms with Crippen LogP contribution in [0.2, 0.25) is 0 Å². The molecule has 9 heteroatoms. The second-order valence-corrected chi connectivity index (χ2v) is 9.43. The molecule has 0 atom stereocenters. The molecule has 2 N–H and O–H groups in total. The number of carbonyl (C=O) groups excluding carboxylic acids is 1. The average molecular weight is 419 g/mol. The monoisotopic (exact) mass is 418 g/mol. The first-order valence-electron chi connectivity index (χ1n) is 8.59. The largest absolute Gasteiger partial charge is 0.339 e. The van der Waals surface area contributed by atoms with Crippen molar-refractivity contribution in [2.75, 3.05) is 16.3 Å². The van der Waals surface area contributed by atoms with Crippen LogP contribution < -0.4 is 10.0 Å². The standard InChI is InChI=1S/C19H22N4O3S2/c1-12-9-17(18-11-27-14(3)20-18)13(2)23(12)10-19(24)21-15-5-7-16(8-6-15)22-28(4,25)26/h5-9,11,22H,10H2,1-4H3,(H,21,24). The van der Waals surface area contributed by atoms with Gasteiger partial charge in [-0.25, -0.2) is 13.4 Å². The summed E-state index contributed by atoms with van der Waals surface area (Å²) in [5.41, 5.74) is 4.98. The summed E-state index contributed by atoms with van der Waals surface area (Å²) < 4.78 is 26.8. The van der Waals surface area contributed by atoms with Crippen LogP contribution in [0.3, 0.4) is 0 Å². The molecule has 2 heterocycles. The number of nitrogens with one attached hydrogen (secondary N) is 2. The van der Waals surface area contributed by atoms with Gasteiger partial charge in [0.05, 0.1) is 17.0 Å². The zero-order valence-electron chi connectivity index (χ0n) is 16.1. The highest BCUT2D eigenvalue weighted by molar-refractivity contribution is 7.92. The lowest BCUT2D eigenvalue weighted by Gasteiger charge is -2.11. The highest BCUT2D eigenvalue weighted by Crippen LogP contribution is 2.28. The van der Waals surface area contributed by atoms with Crippen LogP contribution in [0, 0.1) is 20.8 Å². The van der Waals surface area contributed by atoms with E-state index in [0.29, 0.717) is 11.4 Å². The van der Waals surface area contributed by atoms with Gasteiger partial charge in [0.25, 0.3) is 0 Å². The van der Waals surface area contributed by atoms with E-state index in [0.717, 1.165) is 33.9 Å². The summed E-state index contributed by atoms with van der Waals surface area (Å²) in [4.78, 5) is 17.0. The number of hydrogen-bond donors (Lipinski definition) is 2. The zero-order chi connectivity index (χ0) is 20.5. The predicted molar refractivity (Wildman–Crippen MR) is 113 cm³/mol. The summed E-state index contributed by atoms with van der Waals surface area (Å²) in [5.74, 6) is -0.161. The van der Waals surface area contributed by atoms with Crippen molar-refractivity contribution in [3.8, 4) is 11.3 Å². The molecule has 3 aromatic rings. The van der Waals surface area contributed by atoms with Gasteiger partial charge in [-0.3, -0.25) is 9.52 Å². The SMILES string of the molecule is Cc1nc(-c2cc(C)n(CC(=O)Nc3ccc(NS(C)(=O)=O)cc3)c2C)cs1. The minimum Gasteiger partial charge on any atom is -0.339 e. The molecule has 0 unspecified atom stereocenters. The minimum atomic E-state index is -3.33. The molecule has 3 rings (SSSR count). The topological polar surface area (TPSA) is 93.1 Å². The van der Waals surface area contributed by atoms with Crippen LogP contribution in [0.25, 0.3) is 11.3 Å². The zero-order valence-corrected chi connectivity index (χ0v) is 17.7. The maximum Gasteiger partial charge on any atom is 0.244 e. The van der Waals surface area contributed by atoms with Gasteiger partial charge < -0.3 is 9.88 Å². The van der Waals surface area contributed by atoms with Crippen molar-refractivity contribution in [1.29, 1.82) is 0 Å². The lowest BCUT2D eigenvalue weighted by Crippen LogP contribution is -2.20. The summed E-state index contributed by atoms with van der Waals surface area (Å²) in [6.45, 7) is 6.10. The molecule has 0 bridgehead atoms. The second-order valence-electron chi connectivity index (χ2n) is 6.62. The molecule has 0 aliphatic rings. The van der Waals surface area contributed by atoms with Crippen LogP contribution in [0.15, 0.2) is 35.7 Å². The highest BCUT2D eigenvalue weighted by Gasteiger charge is 2.15. The lowest BCUT2D eigenvalue weighted by atomic mass is 10.2. The van der Waals surface area contributed by atoms with Crippen molar-refractivity contribution in [2.24, 2.45) is 0 Å². The smallest absolute Gasteiger partial charge is 0.244 e. The van der Waals surface area contributed by atoms with E-state index in [1.54, 1.807) is 35.6 Å². The molecule has 1 amide bonds. The van der Waals surface area contributed by atoms with Crippen molar-refractivity contribution >= 4 is 38.6 Å². The van der Waals surface area contributed by atoms with Crippen LogP contribution in [0.4, 0.5) is 11.4 Å². The number of amides is 1. The van der Waals surface area contributed by atoms with Crippen LogP contribution in [0.5, 0.6) is 0 Å². The molecule has 0 spiro atoms. The molecule has 0 saturated carbocycles. The molecular formula is C19H22N4O3S2. The summed E-state index contributed by atoms with van der Waals surface area (Å²) in [6.07, 6.45) is 1.09. The third-order valence-electron chi connectivity index (χ3n) is 4.24. The van der Waals surface area contributed by atoms with E-state index in [1.807, 2.05) is 36.8 Å². The molecule has 2 aromatic heterocycles. The van der Waals surface area contributed by atoms with Gasteiger partial charge in [-0.2, -0.15) is 0 Å². The fourth-order valence-electron chi connectivity index (χ4n) is 2.97. The number of thiazole rings is 1. The first-order valence-corrected chi connectivity index (χ1v) is 11.4. The van der Waals surface area contributed by atoms with Crippen molar-refractivity contribution in [1.82, 2.24) is 9.55 Å². The van der Waals surface area contributed by atoms with Gasteiger partial charge in [0, 0.05) is 33.7 Å². The average Bonchev–Trinajstić information content (AvgIpc) is 3.13. The molecule has 0 aliphatic carbocycles. The fourth-order valence-corrected chi connectivity index (χ4v) is 4.15. The maximum atomic E-state index is 12.5. The maximum absolute atomic E-state index is 12.5.